The van der Waals surface area contributed by atoms with Crippen LogP contribution in [0.2, 0.25) is 5.02 Å². The van der Waals surface area contributed by atoms with Crippen molar-refractivity contribution in [3.05, 3.63) is 58.1 Å². The highest BCUT2D eigenvalue weighted by Gasteiger charge is 2.21. The smallest absolute Gasteiger partial charge is 0.333 e. The zero-order valence-corrected chi connectivity index (χ0v) is 20.4. The number of carboxylic acid groups (broad SMARTS) is 1. The molecule has 33 heavy (non-hydrogen) atoms. The number of hydrogen-bond acceptors (Lipinski definition) is 5. The van der Waals surface area contributed by atoms with Crippen LogP contribution in [0, 0.1) is 0 Å². The third kappa shape index (κ3) is 8.26. The summed E-state index contributed by atoms with van der Waals surface area (Å²) in [6.45, 7) is 9.92. The van der Waals surface area contributed by atoms with Crippen LogP contribution in [0.5, 0.6) is 11.5 Å². The van der Waals surface area contributed by atoms with Gasteiger partial charge in [-0.1, -0.05) is 23.7 Å². The molecule has 2 N–H and O–H groups in total. The molecule has 0 radical (unpaired) electrons. The molecule has 0 aliphatic rings. The lowest BCUT2D eigenvalue weighted by atomic mass is 10.0. The molecular formula is C25H32ClNO6. The molecule has 180 valence electrons. The first-order valence-corrected chi connectivity index (χ1v) is 11.4. The van der Waals surface area contributed by atoms with E-state index in [1.165, 1.54) is 0 Å². The third-order valence-electron chi connectivity index (χ3n) is 4.55. The summed E-state index contributed by atoms with van der Waals surface area (Å²) >= 11 is 6.29. The number of benzene rings is 2. The van der Waals surface area contributed by atoms with E-state index in [2.05, 4.69) is 5.32 Å². The zero-order valence-electron chi connectivity index (χ0n) is 19.7. The van der Waals surface area contributed by atoms with Crippen LogP contribution in [0.15, 0.2) is 36.4 Å². The van der Waals surface area contributed by atoms with Gasteiger partial charge in [-0.05, 0) is 64.4 Å². The molecule has 1 amide bonds. The number of rotatable bonds is 12. The van der Waals surface area contributed by atoms with Gasteiger partial charge in [-0.2, -0.15) is 0 Å². The van der Waals surface area contributed by atoms with Crippen LogP contribution in [0.4, 0.5) is 0 Å². The van der Waals surface area contributed by atoms with E-state index in [1.54, 1.807) is 44.2 Å². The summed E-state index contributed by atoms with van der Waals surface area (Å²) < 4.78 is 16.8. The third-order valence-corrected chi connectivity index (χ3v) is 4.87. The monoisotopic (exact) mass is 477 g/mol. The first kappa shape index (κ1) is 26.5. The maximum absolute atomic E-state index is 12.7. The van der Waals surface area contributed by atoms with Crippen molar-refractivity contribution in [2.75, 3.05) is 6.61 Å². The standard InChI is InChI=1S/C25H32ClNO6/c1-6-31-22-10-7-17(12-23(25(29)30)33-16(4)5)11-18(22)14-27-24(28)20-9-8-19(13-21(20)26)32-15(2)3/h7-11,13,15-16,23H,6,12,14H2,1-5H3,(H,27,28)(H,29,30). The van der Waals surface area contributed by atoms with Gasteiger partial charge in [-0.15, -0.1) is 0 Å². The van der Waals surface area contributed by atoms with Crippen molar-refractivity contribution >= 4 is 23.5 Å². The van der Waals surface area contributed by atoms with Crippen molar-refractivity contribution in [1.82, 2.24) is 5.32 Å². The Labute approximate surface area is 200 Å². The highest BCUT2D eigenvalue weighted by Crippen LogP contribution is 2.25. The molecule has 2 rings (SSSR count). The molecule has 0 saturated heterocycles. The van der Waals surface area contributed by atoms with Crippen molar-refractivity contribution in [3.8, 4) is 11.5 Å². The average Bonchev–Trinajstić information content (AvgIpc) is 2.72. The summed E-state index contributed by atoms with van der Waals surface area (Å²) in [4.78, 5) is 24.3. The van der Waals surface area contributed by atoms with Crippen LogP contribution >= 0.6 is 11.6 Å². The number of ether oxygens (including phenoxy) is 3. The molecule has 1 unspecified atom stereocenters. The van der Waals surface area contributed by atoms with Gasteiger partial charge in [0, 0.05) is 18.5 Å². The Morgan fingerprint density at radius 3 is 2.36 bits per heavy atom. The van der Waals surface area contributed by atoms with Gasteiger partial charge in [0.15, 0.2) is 6.10 Å². The Kier molecular flexibility index (Phi) is 10.0. The molecule has 0 aromatic heterocycles. The van der Waals surface area contributed by atoms with Crippen molar-refractivity contribution in [1.29, 1.82) is 0 Å². The minimum Gasteiger partial charge on any atom is -0.494 e. The molecule has 8 heteroatoms. The van der Waals surface area contributed by atoms with Gasteiger partial charge in [0.05, 0.1) is 29.4 Å². The summed E-state index contributed by atoms with van der Waals surface area (Å²) in [5.41, 5.74) is 1.83. The van der Waals surface area contributed by atoms with Gasteiger partial charge < -0.3 is 24.6 Å². The lowest BCUT2D eigenvalue weighted by molar-refractivity contribution is -0.153. The number of carboxylic acids is 1. The minimum absolute atomic E-state index is 0.00308. The fraction of sp³-hybridized carbons (Fsp3) is 0.440. The first-order valence-electron chi connectivity index (χ1n) is 11.0. The topological polar surface area (TPSA) is 94.1 Å². The molecule has 0 heterocycles. The van der Waals surface area contributed by atoms with Crippen LogP contribution in [0.1, 0.15) is 56.1 Å². The van der Waals surface area contributed by atoms with E-state index >= 15 is 0 Å². The number of halogens is 1. The van der Waals surface area contributed by atoms with Gasteiger partial charge in [0.25, 0.3) is 5.91 Å². The molecule has 1 atom stereocenters. The molecule has 0 saturated carbocycles. The fourth-order valence-electron chi connectivity index (χ4n) is 3.23. The minimum atomic E-state index is -1.02. The quantitative estimate of drug-likeness (QED) is 0.452. The van der Waals surface area contributed by atoms with Crippen molar-refractivity contribution < 1.29 is 28.9 Å². The molecule has 7 nitrogen and oxygen atoms in total. The Balaban J connectivity index is 2.17. The molecule has 0 bridgehead atoms. The highest BCUT2D eigenvalue weighted by atomic mass is 35.5. The lowest BCUT2D eigenvalue weighted by Gasteiger charge is -2.18. The Bertz CT molecular complexity index is 960. The number of carbonyl (C=O) groups is 2. The van der Waals surface area contributed by atoms with Gasteiger partial charge in [-0.3, -0.25) is 4.79 Å². The summed E-state index contributed by atoms with van der Waals surface area (Å²) in [5.74, 6) is -0.151. The van der Waals surface area contributed by atoms with Crippen molar-refractivity contribution in [3.63, 3.8) is 0 Å². The van der Waals surface area contributed by atoms with E-state index in [0.717, 1.165) is 11.1 Å². The summed E-state index contributed by atoms with van der Waals surface area (Å²) in [6, 6.07) is 10.3. The maximum Gasteiger partial charge on any atom is 0.333 e. The molecule has 0 fully saturated rings. The van der Waals surface area contributed by atoms with Gasteiger partial charge >= 0.3 is 5.97 Å². The van der Waals surface area contributed by atoms with Crippen LogP contribution in [-0.4, -0.2) is 41.9 Å². The van der Waals surface area contributed by atoms with Crippen LogP contribution < -0.4 is 14.8 Å². The van der Waals surface area contributed by atoms with Gasteiger partial charge in [0.1, 0.15) is 11.5 Å². The SMILES string of the molecule is CCOc1ccc(CC(OC(C)C)C(=O)O)cc1CNC(=O)c1ccc(OC(C)C)cc1Cl. The number of hydrogen-bond donors (Lipinski definition) is 2. The largest absolute Gasteiger partial charge is 0.494 e. The second-order valence-electron chi connectivity index (χ2n) is 8.08. The van der Waals surface area contributed by atoms with Gasteiger partial charge in [-0.25, -0.2) is 4.79 Å². The van der Waals surface area contributed by atoms with E-state index in [0.29, 0.717) is 28.7 Å². The predicted molar refractivity (Wildman–Crippen MR) is 127 cm³/mol. The maximum atomic E-state index is 12.7. The second kappa shape index (κ2) is 12.5. The molecule has 0 aliphatic heterocycles. The second-order valence-corrected chi connectivity index (χ2v) is 8.49. The molecule has 2 aromatic rings. The normalized spacial score (nSPS) is 12.0. The van der Waals surface area contributed by atoms with Crippen LogP contribution in [0.25, 0.3) is 0 Å². The highest BCUT2D eigenvalue weighted by molar-refractivity contribution is 6.34. The molecule has 0 aliphatic carbocycles. The summed E-state index contributed by atoms with van der Waals surface area (Å²) in [5, 5.41) is 12.6. The Morgan fingerprint density at radius 1 is 1.06 bits per heavy atom. The predicted octanol–water partition coefficient (Wildman–Crippen LogP) is 4.88. The number of carbonyl (C=O) groups excluding carboxylic acids is 1. The van der Waals surface area contributed by atoms with Crippen LogP contribution in [-0.2, 0) is 22.5 Å². The fourth-order valence-corrected chi connectivity index (χ4v) is 3.48. The number of amides is 1. The van der Waals surface area contributed by atoms with E-state index in [-0.39, 0.29) is 31.1 Å². The lowest BCUT2D eigenvalue weighted by Crippen LogP contribution is -2.29. The average molecular weight is 478 g/mol. The van der Waals surface area contributed by atoms with E-state index in [1.807, 2.05) is 26.8 Å². The Morgan fingerprint density at radius 2 is 1.79 bits per heavy atom. The van der Waals surface area contributed by atoms with Crippen LogP contribution in [0.3, 0.4) is 0 Å². The summed E-state index contributed by atoms with van der Waals surface area (Å²) in [7, 11) is 0. The van der Waals surface area contributed by atoms with Crippen molar-refractivity contribution in [2.45, 2.75) is 65.9 Å². The zero-order chi connectivity index (χ0) is 24.5. The number of aliphatic carboxylic acids is 1. The summed E-state index contributed by atoms with van der Waals surface area (Å²) in [6.07, 6.45) is -0.980. The van der Waals surface area contributed by atoms with E-state index in [9.17, 15) is 14.7 Å². The van der Waals surface area contributed by atoms with E-state index in [4.69, 9.17) is 25.8 Å². The molecule has 0 spiro atoms. The number of nitrogens with one attached hydrogen (secondary N) is 1. The van der Waals surface area contributed by atoms with E-state index < -0.39 is 12.1 Å². The molecular weight excluding hydrogens is 446 g/mol. The first-order chi connectivity index (χ1) is 15.6. The molecule has 2 aromatic carbocycles. The Hall–Kier alpha value is -2.77. The van der Waals surface area contributed by atoms with Crippen molar-refractivity contribution in [2.24, 2.45) is 0 Å². The van der Waals surface area contributed by atoms with Gasteiger partial charge in [0.2, 0.25) is 0 Å².